The van der Waals surface area contributed by atoms with Crippen molar-refractivity contribution in [2.75, 3.05) is 0 Å². The number of benzene rings is 2. The van der Waals surface area contributed by atoms with Crippen molar-refractivity contribution in [3.63, 3.8) is 0 Å². The van der Waals surface area contributed by atoms with E-state index in [1.807, 2.05) is 62.4 Å². The third kappa shape index (κ3) is 6.74. The molecule has 0 aliphatic rings. The first-order chi connectivity index (χ1) is 15.7. The van der Waals surface area contributed by atoms with Gasteiger partial charge in [0, 0.05) is 18.3 Å². The molecule has 0 aliphatic carbocycles. The predicted molar refractivity (Wildman–Crippen MR) is 131 cm³/mol. The zero-order valence-electron chi connectivity index (χ0n) is 19.8. The van der Waals surface area contributed by atoms with E-state index < -0.39 is 29.2 Å². The van der Waals surface area contributed by atoms with E-state index in [1.165, 1.54) is 0 Å². The van der Waals surface area contributed by atoms with Crippen molar-refractivity contribution in [2.24, 2.45) is 11.8 Å². The van der Waals surface area contributed by atoms with Crippen LogP contribution in [0.15, 0.2) is 48.5 Å². The Bertz CT molecular complexity index is 1020. The minimum atomic E-state index is -0.928. The number of carboxylic acid groups (broad SMARTS) is 2. The lowest BCUT2D eigenvalue weighted by molar-refractivity contribution is -0.140. The Labute approximate surface area is 197 Å². The van der Waals surface area contributed by atoms with E-state index >= 15 is 0 Å². The van der Waals surface area contributed by atoms with Gasteiger partial charge in [-0.3, -0.25) is 9.59 Å². The number of carbonyl (C=O) groups is 2. The van der Waals surface area contributed by atoms with Crippen LogP contribution >= 0.6 is 0 Å². The molecule has 2 N–H and O–H groups in total. The molecule has 33 heavy (non-hydrogen) atoms. The molecule has 0 radical (unpaired) electrons. The lowest BCUT2D eigenvalue weighted by Gasteiger charge is -2.31. The van der Waals surface area contributed by atoms with Gasteiger partial charge >= 0.3 is 11.9 Å². The van der Waals surface area contributed by atoms with Crippen LogP contribution in [0.25, 0.3) is 0 Å². The lowest BCUT2D eigenvalue weighted by atomic mass is 9.72. The maximum absolute atomic E-state index is 11.8. The summed E-state index contributed by atoms with van der Waals surface area (Å²) in [6.07, 6.45) is 1.83. The highest BCUT2D eigenvalue weighted by atomic mass is 16.4. The van der Waals surface area contributed by atoms with Crippen molar-refractivity contribution >= 4 is 11.9 Å². The molecule has 0 heterocycles. The zero-order valence-corrected chi connectivity index (χ0v) is 19.8. The van der Waals surface area contributed by atoms with Crippen LogP contribution in [-0.2, 0) is 27.8 Å². The van der Waals surface area contributed by atoms with Crippen molar-refractivity contribution in [3.05, 3.63) is 70.8 Å². The fourth-order valence-electron chi connectivity index (χ4n) is 4.05. The molecular formula is C29H32O4. The third-order valence-corrected chi connectivity index (χ3v) is 5.73. The van der Waals surface area contributed by atoms with Gasteiger partial charge in [0.05, 0.1) is 0 Å². The molecule has 0 aliphatic heterocycles. The van der Waals surface area contributed by atoms with Crippen LogP contribution < -0.4 is 0 Å². The highest BCUT2D eigenvalue weighted by Gasteiger charge is 2.30. The molecule has 2 aromatic carbocycles. The first-order valence-electron chi connectivity index (χ1n) is 11.3. The van der Waals surface area contributed by atoms with Crippen molar-refractivity contribution in [2.45, 2.75) is 58.8 Å². The number of aliphatic carboxylic acids is 2. The molecule has 0 saturated carbocycles. The summed E-state index contributed by atoms with van der Waals surface area (Å²) < 4.78 is 0. The summed E-state index contributed by atoms with van der Waals surface area (Å²) in [5.74, 6) is 8.13. The highest BCUT2D eigenvalue weighted by molar-refractivity contribution is 5.75. The second-order valence-electron chi connectivity index (χ2n) is 8.48. The van der Waals surface area contributed by atoms with E-state index in [0.29, 0.717) is 25.7 Å². The molecule has 4 heteroatoms. The van der Waals surface area contributed by atoms with Gasteiger partial charge in [0.15, 0.2) is 0 Å². The molecule has 0 fully saturated rings. The van der Waals surface area contributed by atoms with Crippen LogP contribution in [0.2, 0.25) is 0 Å². The predicted octanol–water partition coefficient (Wildman–Crippen LogP) is 5.33. The lowest BCUT2D eigenvalue weighted by Crippen LogP contribution is -2.26. The van der Waals surface area contributed by atoms with Crippen molar-refractivity contribution in [1.82, 2.24) is 0 Å². The van der Waals surface area contributed by atoms with E-state index in [4.69, 9.17) is 0 Å². The molecule has 0 saturated heterocycles. The van der Waals surface area contributed by atoms with Crippen LogP contribution in [0.5, 0.6) is 0 Å². The number of hydrogen-bond acceptors (Lipinski definition) is 2. The van der Waals surface area contributed by atoms with Crippen molar-refractivity contribution in [1.29, 1.82) is 0 Å². The summed E-state index contributed by atoms with van der Waals surface area (Å²) in [5.41, 5.74) is 3.39. The molecule has 0 amide bonds. The molecule has 0 spiro atoms. The van der Waals surface area contributed by atoms with Gasteiger partial charge in [0.1, 0.15) is 11.8 Å². The average molecular weight is 445 g/mol. The van der Waals surface area contributed by atoms with Crippen LogP contribution in [0.4, 0.5) is 0 Å². The number of carboxylic acids is 2. The quantitative estimate of drug-likeness (QED) is 0.540. The number of rotatable bonds is 8. The summed E-state index contributed by atoms with van der Waals surface area (Å²) in [6.45, 7) is 7.97. The topological polar surface area (TPSA) is 74.6 Å². The van der Waals surface area contributed by atoms with E-state index in [2.05, 4.69) is 37.5 Å². The summed E-state index contributed by atoms with van der Waals surface area (Å²) in [7, 11) is 0. The summed E-state index contributed by atoms with van der Waals surface area (Å²) in [5, 5.41) is 19.3. The molecule has 2 rings (SSSR count). The first-order valence-corrected chi connectivity index (χ1v) is 11.3. The minimum absolute atomic E-state index is 0.309. The fraction of sp³-hybridized carbons (Fsp3) is 0.379. The smallest absolute Gasteiger partial charge is 0.319 e. The Morgan fingerprint density at radius 1 is 0.758 bits per heavy atom. The van der Waals surface area contributed by atoms with Crippen LogP contribution in [0.1, 0.15) is 62.8 Å². The standard InChI is InChI=1S/C29H32O4/c1-5-7-13-23(27(30)31)19-21-15-9-11-17-25(21)29(3,4)26-18-12-10-16-22(26)20-24(28(32)33)14-8-6-2/h9-12,15-18,23-24H,5-6,19-20H2,1-4H3,(H,30,31)(H,32,33). The SMILES string of the molecule is CCC#CC(Cc1ccccc1C(C)(C)c1ccccc1CC(C#CCC)C(=O)O)C(=O)O. The van der Waals surface area contributed by atoms with Crippen LogP contribution in [0, 0.1) is 35.5 Å². The third-order valence-electron chi connectivity index (χ3n) is 5.73. The van der Waals surface area contributed by atoms with Gasteiger partial charge in [-0.15, -0.1) is 11.8 Å². The first kappa shape index (κ1) is 25.8. The van der Waals surface area contributed by atoms with E-state index in [9.17, 15) is 19.8 Å². The zero-order chi connectivity index (χ0) is 24.4. The van der Waals surface area contributed by atoms with Crippen molar-refractivity contribution in [3.8, 4) is 23.7 Å². The molecule has 2 unspecified atom stereocenters. The van der Waals surface area contributed by atoms with Crippen LogP contribution in [0.3, 0.4) is 0 Å². The number of hydrogen-bond donors (Lipinski definition) is 2. The molecular weight excluding hydrogens is 412 g/mol. The molecule has 172 valence electrons. The Morgan fingerprint density at radius 2 is 1.12 bits per heavy atom. The fourth-order valence-corrected chi connectivity index (χ4v) is 4.05. The van der Waals surface area contributed by atoms with Gasteiger partial charge in [-0.05, 0) is 35.1 Å². The van der Waals surface area contributed by atoms with Gasteiger partial charge in [-0.1, -0.05) is 88.1 Å². The van der Waals surface area contributed by atoms with E-state index in [-0.39, 0.29) is 0 Å². The van der Waals surface area contributed by atoms with Gasteiger partial charge in [-0.2, -0.15) is 0 Å². The van der Waals surface area contributed by atoms with Gasteiger partial charge < -0.3 is 10.2 Å². The van der Waals surface area contributed by atoms with E-state index in [0.717, 1.165) is 22.3 Å². The maximum atomic E-state index is 11.8. The normalized spacial score (nSPS) is 12.5. The molecule has 0 aromatic heterocycles. The van der Waals surface area contributed by atoms with Gasteiger partial charge in [-0.25, -0.2) is 0 Å². The Morgan fingerprint density at radius 3 is 1.45 bits per heavy atom. The summed E-state index contributed by atoms with van der Waals surface area (Å²) in [4.78, 5) is 23.6. The largest absolute Gasteiger partial charge is 0.480 e. The molecule has 4 nitrogen and oxygen atoms in total. The highest BCUT2D eigenvalue weighted by Crippen LogP contribution is 2.37. The second-order valence-corrected chi connectivity index (χ2v) is 8.48. The Balaban J connectivity index is 2.52. The van der Waals surface area contributed by atoms with Crippen molar-refractivity contribution < 1.29 is 19.8 Å². The minimum Gasteiger partial charge on any atom is -0.480 e. The van der Waals surface area contributed by atoms with Gasteiger partial charge in [0.25, 0.3) is 0 Å². The Hall–Kier alpha value is -3.50. The second kappa shape index (κ2) is 11.9. The van der Waals surface area contributed by atoms with E-state index in [1.54, 1.807) is 0 Å². The van der Waals surface area contributed by atoms with Gasteiger partial charge in [0.2, 0.25) is 0 Å². The molecule has 0 bridgehead atoms. The average Bonchev–Trinajstić information content (AvgIpc) is 2.79. The molecule has 2 aromatic rings. The Kier molecular flexibility index (Phi) is 9.31. The monoisotopic (exact) mass is 444 g/mol. The summed E-state index contributed by atoms with van der Waals surface area (Å²) in [6, 6.07) is 15.7. The van der Waals surface area contributed by atoms with Crippen LogP contribution in [-0.4, -0.2) is 22.2 Å². The summed E-state index contributed by atoms with van der Waals surface area (Å²) >= 11 is 0. The maximum Gasteiger partial charge on any atom is 0.319 e. The molecule has 2 atom stereocenters.